The maximum Gasteiger partial charge on any atom is 0.323 e. The topological polar surface area (TPSA) is 592 Å². The van der Waals surface area contributed by atoms with Crippen molar-refractivity contribution in [1.82, 2.24) is 0 Å². The molecule has 0 spiro atoms. The lowest BCUT2D eigenvalue weighted by Gasteiger charge is -2.15. The van der Waals surface area contributed by atoms with Crippen LogP contribution in [0.5, 0.6) is 0 Å². The van der Waals surface area contributed by atoms with Crippen LogP contribution >= 0.6 is 0 Å². The summed E-state index contributed by atoms with van der Waals surface area (Å²) in [7, 11) is -41.3. The van der Waals surface area contributed by atoms with Gasteiger partial charge < -0.3 is 31.9 Å². The summed E-state index contributed by atoms with van der Waals surface area (Å²) in [5.74, 6) is -4.66. The number of hydrogen-bond acceptors (Lipinski definition) is 21. The third kappa shape index (κ3) is 16.2. The normalized spacial score (nSPS) is 12.6. The Balaban J connectivity index is 1.03. The van der Waals surface area contributed by atoms with E-state index in [1.54, 1.807) is 0 Å². The van der Waals surface area contributed by atoms with Crippen LogP contribution in [0.2, 0.25) is 0 Å². The number of urea groups is 1. The lowest BCUT2D eigenvalue weighted by molar-refractivity contribution is 0.101. The summed E-state index contributed by atoms with van der Waals surface area (Å²) >= 11 is 0. The molecule has 100 heavy (non-hydrogen) atoms. The number of benzene rings is 10. The minimum Gasteiger partial charge on any atom is -0.322 e. The second kappa shape index (κ2) is 25.8. The average molecular weight is 1530 g/mol. The van der Waals surface area contributed by atoms with Crippen LogP contribution in [0.3, 0.4) is 0 Å². The van der Waals surface area contributed by atoms with Crippen molar-refractivity contribution in [1.29, 1.82) is 0 Å². The minimum atomic E-state index is -5.18. The SMILES string of the molecule is O=C(Nc1cc(C(=O)Nc2ccc3c(S(=O)(=O)O)cc(S(=O)(=O)O)cc3c2)cc(C(=O)Nc2ccc3c(S(=O)(=O)O)cc(S(=O)(=O)O)cc3c2)c1)Nc1cc(C(=O)Nc2ccc3c(S(=O)(=O)O)cc(S(=O)(=O)O)cc3c2)cc(C(=O)Nc2ccc3c(S(=O)(=O)O)cc(S(=O)(=O)O)cc3c2)c1. The maximum absolute atomic E-state index is 14.3. The highest BCUT2D eigenvalue weighted by molar-refractivity contribution is 7.88. The summed E-state index contributed by atoms with van der Waals surface area (Å²) in [5, 5.41) is 11.8. The van der Waals surface area contributed by atoms with E-state index >= 15 is 0 Å². The molecule has 10 aromatic rings. The number of rotatable bonds is 18. The van der Waals surface area contributed by atoms with E-state index in [1.807, 2.05) is 0 Å². The first-order chi connectivity index (χ1) is 46.1. The van der Waals surface area contributed by atoms with Crippen LogP contribution < -0.4 is 31.9 Å². The number of hydrogen-bond donors (Lipinski definition) is 14. The van der Waals surface area contributed by atoms with E-state index in [9.17, 15) is 128 Å². The van der Waals surface area contributed by atoms with Gasteiger partial charge in [0.15, 0.2) is 0 Å². The quantitative estimate of drug-likeness (QED) is 0.0387. The van der Waals surface area contributed by atoms with E-state index in [2.05, 4.69) is 31.9 Å². The molecule has 0 unspecified atom stereocenters. The van der Waals surface area contributed by atoms with Gasteiger partial charge in [-0.15, -0.1) is 0 Å². The van der Waals surface area contributed by atoms with E-state index in [0.717, 1.165) is 133 Å². The summed E-state index contributed by atoms with van der Waals surface area (Å²) in [5.41, 5.74) is -4.08. The monoisotopic (exact) mass is 1530 g/mol. The molecular formula is C57H40N6O29S8. The Morgan fingerprint density at radius 2 is 0.420 bits per heavy atom. The van der Waals surface area contributed by atoms with Gasteiger partial charge in [-0.2, -0.15) is 67.3 Å². The molecule has 0 saturated heterocycles. The van der Waals surface area contributed by atoms with E-state index in [-0.39, 0.29) is 65.8 Å². The van der Waals surface area contributed by atoms with Crippen molar-refractivity contribution < 1.29 is 128 Å². The first-order valence-electron chi connectivity index (χ1n) is 26.8. The Morgan fingerprint density at radius 3 is 0.600 bits per heavy atom. The lowest BCUT2D eigenvalue weighted by Crippen LogP contribution is -2.22. The van der Waals surface area contributed by atoms with E-state index < -0.39 is 183 Å². The van der Waals surface area contributed by atoms with E-state index in [1.165, 1.54) is 0 Å². The van der Waals surface area contributed by atoms with Gasteiger partial charge in [-0.05, 0) is 155 Å². The number of anilines is 6. The number of amides is 6. The highest BCUT2D eigenvalue weighted by Gasteiger charge is 2.27. The van der Waals surface area contributed by atoms with Crippen molar-refractivity contribution >= 4 is 188 Å². The van der Waals surface area contributed by atoms with Crippen LogP contribution in [-0.4, -0.2) is 133 Å². The number of carbonyl (C=O) groups is 5. The summed E-state index contributed by atoms with van der Waals surface area (Å²) in [6, 6.07) is 21.6. The first-order valence-corrected chi connectivity index (χ1v) is 38.3. The molecule has 0 saturated carbocycles. The van der Waals surface area contributed by atoms with Crippen molar-refractivity contribution in [2.45, 2.75) is 39.2 Å². The van der Waals surface area contributed by atoms with Gasteiger partial charge >= 0.3 is 6.03 Å². The molecule has 0 bridgehead atoms. The van der Waals surface area contributed by atoms with Crippen LogP contribution in [0.4, 0.5) is 38.9 Å². The Morgan fingerprint density at radius 1 is 0.220 bits per heavy atom. The molecular weight excluding hydrogens is 1490 g/mol. The molecule has 0 heterocycles. The number of fused-ring (bicyclic) bond motifs is 4. The molecule has 43 heteroatoms. The van der Waals surface area contributed by atoms with Gasteiger partial charge in [0.1, 0.15) is 19.6 Å². The fourth-order valence-electron chi connectivity index (χ4n) is 10.0. The molecule has 10 rings (SSSR count). The molecule has 0 fully saturated rings. The van der Waals surface area contributed by atoms with Gasteiger partial charge in [0, 0.05) is 77.9 Å². The highest BCUT2D eigenvalue weighted by Crippen LogP contribution is 2.35. The summed E-state index contributed by atoms with van der Waals surface area (Å²) < 4.78 is 274. The standard InChI is InChI=1S/C57H40N6O29S8/c64-53(58-35-1-5-45-27(11-35)19-41(93(69,70)71)23-49(45)97(81,82)83)31-9-32(54(65)59-36-2-6-46-28(12-36)20-42(94(72,73)74)24-50(46)98(84,85)86)16-39(15-31)62-57(68)63-40-17-33(55(66)60-37-3-7-47-29(13-37)21-43(95(75,76)77)25-51(47)99(87,88)89)10-34(18-40)56(67)61-38-4-8-48-30(14-38)22-44(96(78,79)80)26-52(48)100(90,91)92/h1-26H,(H,58,64)(H,59,65)(H,60,66)(H,61,67)(H2,62,63,68)(H,69,70,71)(H,72,73,74)(H,75,76,77)(H,78,79,80)(H,81,82,83)(H,84,85,86)(H,87,88,89)(H,90,91,92). The van der Waals surface area contributed by atoms with Crippen molar-refractivity contribution in [3.63, 3.8) is 0 Å². The van der Waals surface area contributed by atoms with Gasteiger partial charge in [-0.1, -0.05) is 24.3 Å². The second-order valence-electron chi connectivity index (χ2n) is 21.2. The second-order valence-corrected chi connectivity index (χ2v) is 32.5. The third-order valence-electron chi connectivity index (χ3n) is 14.3. The molecule has 0 atom stereocenters. The van der Waals surface area contributed by atoms with Gasteiger partial charge in [0.2, 0.25) is 0 Å². The summed E-state index contributed by atoms with van der Waals surface area (Å²) in [6.07, 6.45) is 0. The fourth-order valence-corrected chi connectivity index (χ4v) is 15.5. The van der Waals surface area contributed by atoms with E-state index in [0.29, 0.717) is 24.3 Å². The van der Waals surface area contributed by atoms with Crippen LogP contribution in [0, 0.1) is 0 Å². The Labute approximate surface area is 562 Å². The smallest absolute Gasteiger partial charge is 0.322 e. The molecule has 0 aliphatic rings. The molecule has 10 aromatic carbocycles. The van der Waals surface area contributed by atoms with Crippen molar-refractivity contribution in [2.24, 2.45) is 0 Å². The average Bonchev–Trinajstić information content (AvgIpc) is 0.785. The number of nitrogens with one attached hydrogen (secondary N) is 6. The van der Waals surface area contributed by atoms with Crippen molar-refractivity contribution in [3.8, 4) is 0 Å². The molecule has 0 aliphatic carbocycles. The van der Waals surface area contributed by atoms with Crippen LogP contribution in [0.25, 0.3) is 43.1 Å². The van der Waals surface area contributed by atoms with Crippen molar-refractivity contribution in [3.05, 3.63) is 180 Å². The first kappa shape index (κ1) is 72.4. The molecule has 14 N–H and O–H groups in total. The predicted molar refractivity (Wildman–Crippen MR) is 352 cm³/mol. The maximum atomic E-state index is 14.3. The molecule has 0 aromatic heterocycles. The zero-order valence-corrected chi connectivity index (χ0v) is 55.5. The zero-order chi connectivity index (χ0) is 73.5. The fraction of sp³-hybridized carbons (Fsp3) is 0. The van der Waals surface area contributed by atoms with E-state index in [4.69, 9.17) is 0 Å². The Kier molecular flexibility index (Phi) is 18.7. The van der Waals surface area contributed by atoms with Gasteiger partial charge in [-0.3, -0.25) is 55.6 Å². The molecule has 35 nitrogen and oxygen atoms in total. The zero-order valence-electron chi connectivity index (χ0n) is 48.9. The summed E-state index contributed by atoms with van der Waals surface area (Å²) in [4.78, 5) is 63.3. The molecule has 6 amide bonds. The number of carbonyl (C=O) groups excluding carboxylic acids is 5. The lowest BCUT2D eigenvalue weighted by atomic mass is 10.1. The highest BCUT2D eigenvalue weighted by atomic mass is 32.2. The van der Waals surface area contributed by atoms with Crippen LogP contribution in [0.1, 0.15) is 41.4 Å². The molecule has 0 radical (unpaired) electrons. The molecule has 0 aliphatic heterocycles. The Hall–Kier alpha value is -10.3. The van der Waals surface area contributed by atoms with Crippen LogP contribution in [0.15, 0.2) is 197 Å². The summed E-state index contributed by atoms with van der Waals surface area (Å²) in [6.45, 7) is 0. The predicted octanol–water partition coefficient (Wildman–Crippen LogP) is 6.93. The molecule has 520 valence electrons. The largest absolute Gasteiger partial charge is 0.323 e. The van der Waals surface area contributed by atoms with Crippen LogP contribution in [-0.2, 0) is 80.9 Å². The minimum absolute atomic E-state index is 0.252. The van der Waals surface area contributed by atoms with Gasteiger partial charge in [0.05, 0.1) is 19.6 Å². The van der Waals surface area contributed by atoms with Gasteiger partial charge in [0.25, 0.3) is 105 Å². The third-order valence-corrected chi connectivity index (χ3v) is 21.2. The Bertz CT molecular complexity index is 5590. The van der Waals surface area contributed by atoms with Gasteiger partial charge in [-0.25, -0.2) is 4.79 Å². The van der Waals surface area contributed by atoms with Crippen molar-refractivity contribution in [2.75, 3.05) is 31.9 Å².